The molecule has 4 aliphatic rings. The molecule has 2 aliphatic carbocycles. The standard InChI is InChI=1S/C28H30N2O5/c1-3-4-13-23(24(31)30-17-27(2)15-28(30,16-27)25(32)33)29-26(34)35-14-22-20-11-7-5-9-18(20)19-10-6-8-12-21(19)22/h3,5-12,22-23H,1,4,13-17H2,2H3,(H,29,34)(H,32,33). The fourth-order valence-electron chi connectivity index (χ4n) is 6.26. The van der Waals surface area contributed by atoms with Gasteiger partial charge in [-0.1, -0.05) is 61.5 Å². The minimum Gasteiger partial charge on any atom is -0.479 e. The number of carboxylic acid groups (broad SMARTS) is 1. The maximum absolute atomic E-state index is 13.4. The van der Waals surface area contributed by atoms with E-state index in [9.17, 15) is 19.5 Å². The average Bonchev–Trinajstić information content (AvgIpc) is 3.43. The van der Waals surface area contributed by atoms with Gasteiger partial charge in [0.1, 0.15) is 18.2 Å². The van der Waals surface area contributed by atoms with Gasteiger partial charge in [0.15, 0.2) is 0 Å². The van der Waals surface area contributed by atoms with Crippen molar-refractivity contribution >= 4 is 18.0 Å². The van der Waals surface area contributed by atoms with Crippen molar-refractivity contribution < 1.29 is 24.2 Å². The molecule has 7 nitrogen and oxygen atoms in total. The zero-order valence-electron chi connectivity index (χ0n) is 19.8. The van der Waals surface area contributed by atoms with E-state index in [0.29, 0.717) is 32.2 Å². The fourth-order valence-corrected chi connectivity index (χ4v) is 6.26. The second-order valence-electron chi connectivity index (χ2n) is 10.3. The number of carboxylic acids is 1. The van der Waals surface area contributed by atoms with Crippen LogP contribution in [0, 0.1) is 5.41 Å². The number of nitrogens with one attached hydrogen (secondary N) is 1. The minimum absolute atomic E-state index is 0.0866. The van der Waals surface area contributed by atoms with E-state index < -0.39 is 23.6 Å². The summed E-state index contributed by atoms with van der Waals surface area (Å²) in [6.07, 6.45) is 2.72. The number of rotatable bonds is 8. The summed E-state index contributed by atoms with van der Waals surface area (Å²) in [7, 11) is 0. The number of fused-ring (bicyclic) bond motifs is 4. The van der Waals surface area contributed by atoms with Crippen molar-refractivity contribution in [1.29, 1.82) is 0 Å². The largest absolute Gasteiger partial charge is 0.479 e. The quantitative estimate of drug-likeness (QED) is 0.556. The van der Waals surface area contributed by atoms with Gasteiger partial charge in [-0.25, -0.2) is 9.59 Å². The van der Waals surface area contributed by atoms with Crippen LogP contribution in [-0.4, -0.2) is 52.7 Å². The average molecular weight is 475 g/mol. The predicted octanol–water partition coefficient (Wildman–Crippen LogP) is 4.33. The number of aliphatic carboxylic acids is 1. The van der Waals surface area contributed by atoms with Crippen molar-refractivity contribution in [3.05, 3.63) is 72.3 Å². The first-order chi connectivity index (χ1) is 16.8. The van der Waals surface area contributed by atoms with Crippen molar-refractivity contribution in [3.8, 4) is 11.1 Å². The van der Waals surface area contributed by atoms with Crippen LogP contribution < -0.4 is 5.32 Å². The van der Waals surface area contributed by atoms with Gasteiger partial charge in [0.2, 0.25) is 5.91 Å². The molecule has 0 spiro atoms. The summed E-state index contributed by atoms with van der Waals surface area (Å²) in [4.78, 5) is 39.7. The van der Waals surface area contributed by atoms with Crippen molar-refractivity contribution in [2.24, 2.45) is 5.41 Å². The highest BCUT2D eigenvalue weighted by atomic mass is 16.5. The Morgan fingerprint density at radius 3 is 2.31 bits per heavy atom. The molecule has 0 aromatic heterocycles. The van der Waals surface area contributed by atoms with E-state index in [0.717, 1.165) is 22.3 Å². The number of amides is 2. The van der Waals surface area contributed by atoms with Gasteiger partial charge >= 0.3 is 12.1 Å². The van der Waals surface area contributed by atoms with Gasteiger partial charge in [-0.05, 0) is 53.4 Å². The normalized spacial score (nSPS) is 24.7. The first-order valence-corrected chi connectivity index (χ1v) is 12.1. The smallest absolute Gasteiger partial charge is 0.407 e. The Balaban J connectivity index is 1.28. The molecule has 7 heteroatoms. The molecule has 0 radical (unpaired) electrons. The van der Waals surface area contributed by atoms with E-state index in [1.54, 1.807) is 6.08 Å². The lowest BCUT2D eigenvalue weighted by Gasteiger charge is -2.43. The molecular weight excluding hydrogens is 444 g/mol. The predicted molar refractivity (Wildman–Crippen MR) is 131 cm³/mol. The molecule has 1 atom stereocenters. The fraction of sp³-hybridized carbons (Fsp3) is 0.393. The Morgan fingerprint density at radius 1 is 1.14 bits per heavy atom. The third-order valence-corrected chi connectivity index (χ3v) is 7.75. The van der Waals surface area contributed by atoms with Crippen LogP contribution in [0.15, 0.2) is 61.2 Å². The Morgan fingerprint density at radius 2 is 1.74 bits per heavy atom. The molecule has 1 saturated carbocycles. The van der Waals surface area contributed by atoms with E-state index in [4.69, 9.17) is 4.74 Å². The van der Waals surface area contributed by atoms with E-state index >= 15 is 0 Å². The topological polar surface area (TPSA) is 95.9 Å². The number of carbonyl (C=O) groups excluding carboxylic acids is 2. The molecule has 6 rings (SSSR count). The summed E-state index contributed by atoms with van der Waals surface area (Å²) >= 11 is 0. The van der Waals surface area contributed by atoms with Crippen molar-refractivity contribution in [2.75, 3.05) is 13.2 Å². The lowest BCUT2D eigenvalue weighted by molar-refractivity contribution is -0.160. The SMILES string of the molecule is C=CCCC(NC(=O)OCC1c2ccccc2-c2ccccc21)C(=O)N1CC2(C)CC1(C(=O)O)C2. The number of benzene rings is 2. The molecule has 1 unspecified atom stereocenters. The number of allylic oxidation sites excluding steroid dienone is 1. The molecule has 2 N–H and O–H groups in total. The van der Waals surface area contributed by atoms with Crippen LogP contribution in [0.2, 0.25) is 0 Å². The highest BCUT2D eigenvalue weighted by molar-refractivity contribution is 5.93. The van der Waals surface area contributed by atoms with Crippen LogP contribution >= 0.6 is 0 Å². The molecule has 35 heavy (non-hydrogen) atoms. The highest BCUT2D eigenvalue weighted by Gasteiger charge is 2.69. The van der Waals surface area contributed by atoms with Gasteiger partial charge in [-0.2, -0.15) is 0 Å². The Kier molecular flexibility index (Phi) is 5.66. The molecule has 2 saturated heterocycles. The van der Waals surface area contributed by atoms with Crippen LogP contribution in [-0.2, 0) is 14.3 Å². The minimum atomic E-state index is -1.17. The van der Waals surface area contributed by atoms with Crippen molar-refractivity contribution in [2.45, 2.75) is 50.1 Å². The molecule has 2 amide bonds. The molecule has 2 aliphatic heterocycles. The Hall–Kier alpha value is -3.61. The summed E-state index contributed by atoms with van der Waals surface area (Å²) in [6, 6.07) is 15.3. The number of nitrogens with zero attached hydrogens (tertiary/aromatic N) is 1. The number of hydrogen-bond donors (Lipinski definition) is 2. The van der Waals surface area contributed by atoms with Gasteiger partial charge in [-0.15, -0.1) is 6.58 Å². The van der Waals surface area contributed by atoms with Gasteiger partial charge in [0.05, 0.1) is 0 Å². The van der Waals surface area contributed by atoms with Crippen LogP contribution in [0.4, 0.5) is 4.79 Å². The van der Waals surface area contributed by atoms with Gasteiger partial charge in [0, 0.05) is 12.5 Å². The Labute approximate surface area is 204 Å². The zero-order valence-corrected chi connectivity index (χ0v) is 19.8. The third kappa shape index (κ3) is 3.79. The summed E-state index contributed by atoms with van der Waals surface area (Å²) in [5, 5.41) is 12.5. The van der Waals surface area contributed by atoms with Crippen molar-refractivity contribution in [3.63, 3.8) is 0 Å². The first kappa shape index (κ1) is 23.1. The Bertz CT molecular complexity index is 1150. The van der Waals surface area contributed by atoms with Crippen LogP contribution in [0.25, 0.3) is 11.1 Å². The lowest BCUT2D eigenvalue weighted by Crippen LogP contribution is -2.59. The molecule has 2 aromatic carbocycles. The summed E-state index contributed by atoms with van der Waals surface area (Å²) in [6.45, 7) is 6.24. The van der Waals surface area contributed by atoms with Gasteiger partial charge < -0.3 is 20.1 Å². The van der Waals surface area contributed by atoms with Crippen molar-refractivity contribution in [1.82, 2.24) is 10.2 Å². The van der Waals surface area contributed by atoms with E-state index in [-0.39, 0.29) is 23.8 Å². The maximum atomic E-state index is 13.4. The van der Waals surface area contributed by atoms with E-state index in [2.05, 4.69) is 24.0 Å². The molecule has 2 bridgehead atoms. The molecule has 2 aromatic rings. The van der Waals surface area contributed by atoms with E-state index in [1.165, 1.54) is 4.90 Å². The van der Waals surface area contributed by atoms with Crippen LogP contribution in [0.5, 0.6) is 0 Å². The zero-order chi connectivity index (χ0) is 24.8. The summed E-state index contributed by atoms with van der Waals surface area (Å²) < 4.78 is 5.63. The number of alkyl carbamates (subject to hydrolysis) is 1. The first-order valence-electron chi connectivity index (χ1n) is 12.1. The van der Waals surface area contributed by atoms with Gasteiger partial charge in [0.25, 0.3) is 0 Å². The summed E-state index contributed by atoms with van der Waals surface area (Å²) in [5.74, 6) is -1.44. The lowest BCUT2D eigenvalue weighted by atomic mass is 9.63. The summed E-state index contributed by atoms with van der Waals surface area (Å²) in [5.41, 5.74) is 3.14. The molecule has 182 valence electrons. The number of ether oxygens (including phenoxy) is 1. The van der Waals surface area contributed by atoms with E-state index in [1.807, 2.05) is 43.3 Å². The molecule has 3 fully saturated rings. The number of carbonyl (C=O) groups is 3. The molecular formula is C28H30N2O5. The maximum Gasteiger partial charge on any atom is 0.407 e. The second kappa shape index (κ2) is 8.56. The third-order valence-electron chi connectivity index (χ3n) is 7.75. The number of hydrogen-bond acceptors (Lipinski definition) is 4. The molecule has 2 heterocycles. The van der Waals surface area contributed by atoms with Gasteiger partial charge in [-0.3, -0.25) is 4.79 Å². The van der Waals surface area contributed by atoms with Crippen LogP contribution in [0.3, 0.4) is 0 Å². The monoisotopic (exact) mass is 474 g/mol. The van der Waals surface area contributed by atoms with Crippen LogP contribution in [0.1, 0.15) is 49.7 Å². The second-order valence-corrected chi connectivity index (χ2v) is 10.3. The highest BCUT2D eigenvalue weighted by Crippen LogP contribution is 2.59.